The third kappa shape index (κ3) is 8.18. The average Bonchev–Trinajstić information content (AvgIpc) is 2.98. The highest BCUT2D eigenvalue weighted by Crippen LogP contribution is 2.33. The molecule has 1 heterocycles. The molecule has 1 aliphatic heterocycles. The van der Waals surface area contributed by atoms with E-state index in [-0.39, 0.29) is 23.3 Å². The second kappa shape index (κ2) is 14.5. The number of hydrogen-bond acceptors (Lipinski definition) is 4. The van der Waals surface area contributed by atoms with E-state index in [1.807, 2.05) is 73.7 Å². The molecule has 0 bridgehead atoms. The van der Waals surface area contributed by atoms with Crippen LogP contribution >= 0.6 is 11.6 Å². The predicted molar refractivity (Wildman–Crippen MR) is 163 cm³/mol. The summed E-state index contributed by atoms with van der Waals surface area (Å²) < 4.78 is 5.43. The molecule has 4 rings (SSSR count). The van der Waals surface area contributed by atoms with Crippen LogP contribution in [0.2, 0.25) is 5.02 Å². The molecule has 1 N–H and O–H groups in total. The summed E-state index contributed by atoms with van der Waals surface area (Å²) in [7, 11) is 0. The van der Waals surface area contributed by atoms with Gasteiger partial charge in [-0.3, -0.25) is 9.59 Å². The Labute approximate surface area is 243 Å². The quantitative estimate of drug-likeness (QED) is 0.236. The molecule has 212 valence electrons. The monoisotopic (exact) mass is 560 g/mol. The molecule has 0 aliphatic carbocycles. The number of rotatable bonds is 12. The second-order valence-corrected chi connectivity index (χ2v) is 11.5. The van der Waals surface area contributed by atoms with Crippen LogP contribution in [0.4, 0.5) is 0 Å². The maximum atomic E-state index is 13.2. The summed E-state index contributed by atoms with van der Waals surface area (Å²) in [4.78, 5) is 28.2. The maximum Gasteiger partial charge on any atom is 0.306 e. The molecular formula is C34H41ClN2O3. The standard InChI is InChI=1S/C34H41ClN2O3/c1-3-24-40-32(38)25-34(2,27-10-5-4-6-11-27)20-9-21-37-22-18-29(19-23-37)36-33(39)31-13-8-7-12-30(31)26-14-16-28(35)17-15-26/h4-8,10-17,29H,3,9,18-25H2,1-2H3,(H,36,39). The van der Waals surface area contributed by atoms with Crippen LogP contribution in [0.25, 0.3) is 11.1 Å². The van der Waals surface area contributed by atoms with E-state index in [1.54, 1.807) is 0 Å². The summed E-state index contributed by atoms with van der Waals surface area (Å²) in [6.45, 7) is 7.54. The van der Waals surface area contributed by atoms with Gasteiger partial charge in [0.25, 0.3) is 5.91 Å². The molecule has 3 aromatic carbocycles. The SMILES string of the molecule is CCCOC(=O)CC(C)(CCCN1CCC(NC(=O)c2ccccc2-c2ccc(Cl)cc2)CC1)c1ccccc1. The molecule has 1 atom stereocenters. The van der Waals surface area contributed by atoms with Crippen molar-refractivity contribution in [2.24, 2.45) is 0 Å². The Hall–Kier alpha value is -3.15. The smallest absolute Gasteiger partial charge is 0.306 e. The summed E-state index contributed by atoms with van der Waals surface area (Å²) >= 11 is 6.06. The molecular weight excluding hydrogens is 520 g/mol. The fourth-order valence-corrected chi connectivity index (χ4v) is 5.71. The van der Waals surface area contributed by atoms with Gasteiger partial charge in [0.05, 0.1) is 13.0 Å². The summed E-state index contributed by atoms with van der Waals surface area (Å²) in [5.74, 6) is -0.153. The molecule has 0 spiro atoms. The largest absolute Gasteiger partial charge is 0.466 e. The summed E-state index contributed by atoms with van der Waals surface area (Å²) in [6.07, 6.45) is 4.98. The van der Waals surface area contributed by atoms with Gasteiger partial charge >= 0.3 is 5.97 Å². The van der Waals surface area contributed by atoms with Crippen molar-refractivity contribution in [3.63, 3.8) is 0 Å². The van der Waals surface area contributed by atoms with Gasteiger partial charge in [0, 0.05) is 35.1 Å². The van der Waals surface area contributed by atoms with Crippen molar-refractivity contribution in [1.82, 2.24) is 10.2 Å². The van der Waals surface area contributed by atoms with Crippen LogP contribution < -0.4 is 5.32 Å². The van der Waals surface area contributed by atoms with Gasteiger partial charge < -0.3 is 15.0 Å². The molecule has 1 fully saturated rings. The van der Waals surface area contributed by atoms with Crippen LogP contribution in [0, 0.1) is 0 Å². The third-order valence-corrected chi connectivity index (χ3v) is 8.18. The number of carbonyl (C=O) groups excluding carboxylic acids is 2. The number of likely N-dealkylation sites (tertiary alicyclic amines) is 1. The van der Waals surface area contributed by atoms with Gasteiger partial charge in [-0.2, -0.15) is 0 Å². The van der Waals surface area contributed by atoms with Crippen molar-refractivity contribution < 1.29 is 14.3 Å². The lowest BCUT2D eigenvalue weighted by Gasteiger charge is -2.34. The number of piperidine rings is 1. The lowest BCUT2D eigenvalue weighted by Crippen LogP contribution is -2.45. The number of esters is 1. The molecule has 3 aromatic rings. The van der Waals surface area contributed by atoms with Crippen LogP contribution in [0.5, 0.6) is 0 Å². The third-order valence-electron chi connectivity index (χ3n) is 7.92. The Balaban J connectivity index is 1.28. The average molecular weight is 561 g/mol. The van der Waals surface area contributed by atoms with Gasteiger partial charge in [-0.05, 0) is 73.5 Å². The number of nitrogens with zero attached hydrogens (tertiary/aromatic N) is 1. The van der Waals surface area contributed by atoms with Crippen LogP contribution in [-0.2, 0) is 14.9 Å². The van der Waals surface area contributed by atoms with Gasteiger partial charge in [-0.1, -0.05) is 86.1 Å². The highest BCUT2D eigenvalue weighted by Gasteiger charge is 2.30. The summed E-state index contributed by atoms with van der Waals surface area (Å²) in [6, 6.07) is 25.8. The zero-order valence-electron chi connectivity index (χ0n) is 23.7. The van der Waals surface area contributed by atoms with Crippen molar-refractivity contribution in [2.75, 3.05) is 26.2 Å². The summed E-state index contributed by atoms with van der Waals surface area (Å²) in [5.41, 5.74) is 3.50. The van der Waals surface area contributed by atoms with Crippen LogP contribution in [0.3, 0.4) is 0 Å². The van der Waals surface area contributed by atoms with E-state index in [0.29, 0.717) is 23.6 Å². The van der Waals surface area contributed by atoms with Crippen molar-refractivity contribution in [3.8, 4) is 11.1 Å². The highest BCUT2D eigenvalue weighted by atomic mass is 35.5. The van der Waals surface area contributed by atoms with Crippen molar-refractivity contribution in [3.05, 3.63) is 95.0 Å². The Kier molecular flexibility index (Phi) is 10.8. The molecule has 0 saturated carbocycles. The number of amides is 1. The minimum atomic E-state index is -0.254. The molecule has 0 radical (unpaired) electrons. The molecule has 1 saturated heterocycles. The number of carbonyl (C=O) groups is 2. The fourth-order valence-electron chi connectivity index (χ4n) is 5.58. The zero-order chi connectivity index (χ0) is 28.4. The molecule has 40 heavy (non-hydrogen) atoms. The van der Waals surface area contributed by atoms with E-state index in [9.17, 15) is 9.59 Å². The Morgan fingerprint density at radius 1 is 0.975 bits per heavy atom. The van der Waals surface area contributed by atoms with E-state index in [2.05, 4.69) is 29.3 Å². The molecule has 1 amide bonds. The highest BCUT2D eigenvalue weighted by molar-refractivity contribution is 6.30. The number of halogens is 1. The van der Waals surface area contributed by atoms with E-state index >= 15 is 0 Å². The maximum absolute atomic E-state index is 13.2. The minimum Gasteiger partial charge on any atom is -0.466 e. The van der Waals surface area contributed by atoms with E-state index < -0.39 is 0 Å². The Morgan fingerprint density at radius 3 is 2.35 bits per heavy atom. The fraction of sp³-hybridized carbons (Fsp3) is 0.412. The topological polar surface area (TPSA) is 58.6 Å². The first-order valence-corrected chi connectivity index (χ1v) is 14.8. The predicted octanol–water partition coefficient (Wildman–Crippen LogP) is 7.28. The Morgan fingerprint density at radius 2 is 1.65 bits per heavy atom. The second-order valence-electron chi connectivity index (χ2n) is 11.1. The van der Waals surface area contributed by atoms with Gasteiger partial charge in [-0.15, -0.1) is 0 Å². The number of benzene rings is 3. The van der Waals surface area contributed by atoms with Gasteiger partial charge in [-0.25, -0.2) is 0 Å². The van der Waals surface area contributed by atoms with Crippen molar-refractivity contribution in [2.45, 2.75) is 63.8 Å². The van der Waals surface area contributed by atoms with E-state index in [4.69, 9.17) is 16.3 Å². The molecule has 6 heteroatoms. The van der Waals surface area contributed by atoms with Crippen molar-refractivity contribution >= 4 is 23.5 Å². The van der Waals surface area contributed by atoms with Crippen LogP contribution in [0.15, 0.2) is 78.9 Å². The summed E-state index contributed by atoms with van der Waals surface area (Å²) in [5, 5.41) is 3.95. The number of nitrogens with one attached hydrogen (secondary N) is 1. The first kappa shape index (κ1) is 29.8. The minimum absolute atomic E-state index is 0.0300. The normalized spacial score (nSPS) is 15.8. The lowest BCUT2D eigenvalue weighted by atomic mass is 9.76. The molecule has 5 nitrogen and oxygen atoms in total. The first-order valence-electron chi connectivity index (χ1n) is 14.5. The lowest BCUT2D eigenvalue weighted by molar-refractivity contribution is -0.145. The van der Waals surface area contributed by atoms with Gasteiger partial charge in [0.15, 0.2) is 0 Å². The van der Waals surface area contributed by atoms with Crippen LogP contribution in [0.1, 0.15) is 68.3 Å². The van der Waals surface area contributed by atoms with E-state index in [1.165, 1.54) is 5.56 Å². The van der Waals surface area contributed by atoms with Crippen molar-refractivity contribution in [1.29, 1.82) is 0 Å². The first-order chi connectivity index (χ1) is 19.4. The molecule has 1 unspecified atom stereocenters. The molecule has 0 aromatic heterocycles. The number of hydrogen-bond donors (Lipinski definition) is 1. The Bertz CT molecular complexity index is 1240. The molecule has 1 aliphatic rings. The van der Waals surface area contributed by atoms with Crippen LogP contribution in [-0.4, -0.2) is 49.1 Å². The number of ether oxygens (including phenoxy) is 1. The van der Waals surface area contributed by atoms with Gasteiger partial charge in [0.1, 0.15) is 0 Å². The van der Waals surface area contributed by atoms with E-state index in [0.717, 1.165) is 62.9 Å². The van der Waals surface area contributed by atoms with Gasteiger partial charge in [0.2, 0.25) is 0 Å². The zero-order valence-corrected chi connectivity index (χ0v) is 24.5.